The van der Waals surface area contributed by atoms with Gasteiger partial charge in [-0.2, -0.15) is 0 Å². The number of rotatable bonds is 5. The van der Waals surface area contributed by atoms with Gasteiger partial charge in [-0.25, -0.2) is 9.78 Å². The van der Waals surface area contributed by atoms with Crippen LogP contribution >= 0.6 is 0 Å². The van der Waals surface area contributed by atoms with Crippen LogP contribution in [-0.2, 0) is 4.79 Å². The van der Waals surface area contributed by atoms with Crippen molar-refractivity contribution in [3.63, 3.8) is 0 Å². The predicted octanol–water partition coefficient (Wildman–Crippen LogP) is 1.00. The molecular formula is C24H24N8O3. The van der Waals surface area contributed by atoms with Gasteiger partial charge >= 0.3 is 5.69 Å². The Hall–Kier alpha value is -4.38. The molecule has 11 nitrogen and oxygen atoms in total. The zero-order chi connectivity index (χ0) is 24.7. The highest BCUT2D eigenvalue weighted by Crippen LogP contribution is 2.29. The molecule has 5 rings (SSSR count). The number of pyridine rings is 2. The van der Waals surface area contributed by atoms with Crippen molar-refractivity contribution in [2.45, 2.75) is 18.9 Å². The van der Waals surface area contributed by atoms with Crippen LogP contribution in [0.15, 0.2) is 46.1 Å². The number of nitrogen functional groups attached to an aromatic ring is 1. The van der Waals surface area contributed by atoms with Crippen LogP contribution in [-0.4, -0.2) is 56.2 Å². The number of nitrogens with two attached hydrogens (primary N) is 2. The summed E-state index contributed by atoms with van der Waals surface area (Å²) in [7, 11) is 0. The van der Waals surface area contributed by atoms with Gasteiger partial charge in [0.05, 0.1) is 28.7 Å². The molecule has 1 aliphatic heterocycles. The number of piperidine rings is 1. The van der Waals surface area contributed by atoms with Gasteiger partial charge in [0, 0.05) is 48.4 Å². The molecule has 0 saturated carbocycles. The first-order chi connectivity index (χ1) is 16.9. The van der Waals surface area contributed by atoms with E-state index in [4.69, 9.17) is 21.9 Å². The lowest BCUT2D eigenvalue weighted by Crippen LogP contribution is -2.42. The molecule has 0 aliphatic carbocycles. The molecule has 0 spiro atoms. The number of carbonyl (C=O) groups is 1. The molecule has 178 valence electrons. The molecular weight excluding hydrogens is 448 g/mol. The molecule has 0 unspecified atom stereocenters. The van der Waals surface area contributed by atoms with Crippen molar-refractivity contribution in [1.82, 2.24) is 24.4 Å². The van der Waals surface area contributed by atoms with E-state index in [1.54, 1.807) is 28.8 Å². The zero-order valence-electron chi connectivity index (χ0n) is 18.8. The first-order valence-electron chi connectivity index (χ1n) is 11.2. The maximum atomic E-state index is 13.1. The maximum Gasteiger partial charge on any atom is 0.329 e. The molecule has 11 heteroatoms. The van der Waals surface area contributed by atoms with Gasteiger partial charge in [0.2, 0.25) is 5.91 Å². The number of fused-ring (bicyclic) bond motifs is 3. The summed E-state index contributed by atoms with van der Waals surface area (Å²) in [4.78, 5) is 50.6. The minimum absolute atomic E-state index is 0.172. The number of nitrogens with zero attached hydrogens (tertiary/aromatic N) is 4. The second-order valence-electron chi connectivity index (χ2n) is 8.68. The topological polar surface area (TPSA) is 177 Å². The van der Waals surface area contributed by atoms with Gasteiger partial charge in [-0.05, 0) is 37.1 Å². The van der Waals surface area contributed by atoms with Crippen LogP contribution in [0.2, 0.25) is 0 Å². The van der Waals surface area contributed by atoms with Crippen molar-refractivity contribution in [3.8, 4) is 11.3 Å². The van der Waals surface area contributed by atoms with Crippen molar-refractivity contribution in [1.29, 1.82) is 5.41 Å². The number of anilines is 1. The number of likely N-dealkylation sites (tertiary alicyclic amines) is 1. The number of hydrogen-bond donors (Lipinski definition) is 4. The van der Waals surface area contributed by atoms with Crippen LogP contribution in [0.5, 0.6) is 0 Å². The zero-order valence-corrected chi connectivity index (χ0v) is 18.8. The van der Waals surface area contributed by atoms with Gasteiger partial charge in [0.1, 0.15) is 5.52 Å². The second-order valence-corrected chi connectivity index (χ2v) is 8.68. The minimum Gasteiger partial charge on any atom is -0.398 e. The van der Waals surface area contributed by atoms with Gasteiger partial charge in [-0.15, -0.1) is 0 Å². The van der Waals surface area contributed by atoms with Crippen LogP contribution in [0.1, 0.15) is 24.4 Å². The van der Waals surface area contributed by atoms with Crippen molar-refractivity contribution in [2.24, 2.45) is 5.73 Å². The average molecular weight is 473 g/mol. The monoisotopic (exact) mass is 472 g/mol. The second kappa shape index (κ2) is 8.76. The largest absolute Gasteiger partial charge is 0.398 e. The summed E-state index contributed by atoms with van der Waals surface area (Å²) >= 11 is 0. The number of benzene rings is 1. The van der Waals surface area contributed by atoms with E-state index in [1.165, 1.54) is 12.4 Å². The van der Waals surface area contributed by atoms with Gasteiger partial charge < -0.3 is 16.9 Å². The Balaban J connectivity index is 1.69. The Labute approximate surface area is 198 Å². The standard InChI is InChI=1S/C24H24N8O3/c25-10-14-9-13(1-2-17(14)26)18-3-4-19-21(29-18)22-16(11-28-19)23(34)30-24(35)32(22)15-5-7-31(8-6-15)12-20(27)33/h1-4,9-11,15,25H,5-8,12,26H2,(H2,27,33)(H,30,34,35). The number of nitrogens with one attached hydrogen (secondary N) is 2. The third kappa shape index (κ3) is 4.06. The number of H-pyrrole nitrogens is 1. The predicted molar refractivity (Wildman–Crippen MR) is 134 cm³/mol. The molecule has 0 radical (unpaired) electrons. The Morgan fingerprint density at radius 3 is 2.69 bits per heavy atom. The fraction of sp³-hybridized carbons (Fsp3) is 0.250. The first-order valence-corrected chi connectivity index (χ1v) is 11.2. The lowest BCUT2D eigenvalue weighted by atomic mass is 10.0. The lowest BCUT2D eigenvalue weighted by molar-refractivity contribution is -0.119. The number of primary amides is 1. The lowest BCUT2D eigenvalue weighted by Gasteiger charge is -2.32. The van der Waals surface area contributed by atoms with Crippen LogP contribution < -0.4 is 22.7 Å². The Morgan fingerprint density at radius 2 is 1.97 bits per heavy atom. The fourth-order valence-electron chi connectivity index (χ4n) is 4.71. The van der Waals surface area contributed by atoms with Crippen LogP contribution in [0.3, 0.4) is 0 Å². The van der Waals surface area contributed by atoms with Crippen LogP contribution in [0.25, 0.3) is 33.2 Å². The van der Waals surface area contributed by atoms with Gasteiger partial charge in [-0.1, -0.05) is 6.07 Å². The normalized spacial score (nSPS) is 15.0. The summed E-state index contributed by atoms with van der Waals surface area (Å²) in [6.07, 6.45) is 3.86. The van der Waals surface area contributed by atoms with Crippen molar-refractivity contribution < 1.29 is 4.79 Å². The molecule has 35 heavy (non-hydrogen) atoms. The van der Waals surface area contributed by atoms with Crippen molar-refractivity contribution in [3.05, 3.63) is 62.9 Å². The van der Waals surface area contributed by atoms with Crippen LogP contribution in [0.4, 0.5) is 5.69 Å². The highest BCUT2D eigenvalue weighted by Gasteiger charge is 2.25. The van der Waals surface area contributed by atoms with E-state index in [0.717, 1.165) is 5.56 Å². The molecule has 0 bridgehead atoms. The summed E-state index contributed by atoms with van der Waals surface area (Å²) < 4.78 is 1.60. The highest BCUT2D eigenvalue weighted by molar-refractivity contribution is 6.01. The quantitative estimate of drug-likeness (QED) is 0.190. The Bertz CT molecular complexity index is 1600. The SMILES string of the molecule is N=Cc1cc(-c2ccc3ncc4c(=O)[nH]c(=O)n(C5CCN(CC(N)=O)CC5)c4c3n2)ccc1N. The van der Waals surface area contributed by atoms with E-state index in [-0.39, 0.29) is 18.0 Å². The molecule has 0 atom stereocenters. The van der Waals surface area contributed by atoms with E-state index in [9.17, 15) is 14.4 Å². The van der Waals surface area contributed by atoms with Gasteiger partial charge in [0.15, 0.2) is 0 Å². The minimum atomic E-state index is -0.521. The smallest absolute Gasteiger partial charge is 0.329 e. The number of amides is 1. The van der Waals surface area contributed by atoms with Gasteiger partial charge in [0.25, 0.3) is 5.56 Å². The third-order valence-corrected chi connectivity index (χ3v) is 6.45. The summed E-state index contributed by atoms with van der Waals surface area (Å²) in [5.41, 5.74) is 14.0. The summed E-state index contributed by atoms with van der Waals surface area (Å²) in [6.45, 7) is 1.37. The third-order valence-electron chi connectivity index (χ3n) is 6.45. The first kappa shape index (κ1) is 22.4. The molecule has 1 amide bonds. The highest BCUT2D eigenvalue weighted by atomic mass is 16.2. The molecule has 6 N–H and O–H groups in total. The van der Waals surface area contributed by atoms with Crippen LogP contribution in [0, 0.1) is 5.41 Å². The number of hydrogen-bond acceptors (Lipinski definition) is 8. The molecule has 1 saturated heterocycles. The number of carbonyl (C=O) groups excluding carboxylic acids is 1. The fourth-order valence-corrected chi connectivity index (χ4v) is 4.71. The van der Waals surface area contributed by atoms with E-state index >= 15 is 0 Å². The van der Waals surface area contributed by atoms with E-state index in [2.05, 4.69) is 9.97 Å². The van der Waals surface area contributed by atoms with Crippen molar-refractivity contribution >= 4 is 39.7 Å². The molecule has 4 aromatic rings. The molecule has 1 aromatic carbocycles. The van der Waals surface area contributed by atoms with E-state index in [1.807, 2.05) is 11.0 Å². The average Bonchev–Trinajstić information content (AvgIpc) is 2.84. The summed E-state index contributed by atoms with van der Waals surface area (Å²) in [6, 6.07) is 8.69. The maximum absolute atomic E-state index is 13.1. The number of aromatic nitrogens is 4. The molecule has 4 heterocycles. The molecule has 1 aliphatic rings. The van der Waals surface area contributed by atoms with E-state index < -0.39 is 17.2 Å². The van der Waals surface area contributed by atoms with E-state index in [0.29, 0.717) is 59.4 Å². The van der Waals surface area contributed by atoms with Gasteiger partial charge in [-0.3, -0.25) is 29.0 Å². The number of aromatic amines is 1. The summed E-state index contributed by atoms with van der Waals surface area (Å²) in [5.74, 6) is -0.391. The Morgan fingerprint density at radius 1 is 1.20 bits per heavy atom. The molecule has 3 aromatic heterocycles. The van der Waals surface area contributed by atoms with Crippen molar-refractivity contribution in [2.75, 3.05) is 25.4 Å². The Kier molecular flexibility index (Phi) is 5.61. The molecule has 1 fully saturated rings. The summed E-state index contributed by atoms with van der Waals surface area (Å²) in [5, 5.41) is 7.86.